The first-order valence-electron chi connectivity index (χ1n) is 6.09. The highest BCUT2D eigenvalue weighted by molar-refractivity contribution is 6.17. The molecular weight excluding hydrogens is 254 g/mol. The molecule has 0 fully saturated rings. The standard InChI is InChI=1S/C16H11NO3/c18-16(19)13-10-20-15(11-6-2-1-3-7-11)17-14-9-5-4-8-12(13)14/h1-10H,(H,18,19). The Bertz CT molecular complexity index is 718. The molecule has 0 saturated carbocycles. The van der Waals surface area contributed by atoms with Gasteiger partial charge in [-0.25, -0.2) is 9.79 Å². The van der Waals surface area contributed by atoms with Gasteiger partial charge < -0.3 is 9.84 Å². The number of aliphatic carboxylic acids is 1. The molecule has 0 amide bonds. The van der Waals surface area contributed by atoms with E-state index in [2.05, 4.69) is 4.99 Å². The number of fused-ring (bicyclic) bond motifs is 1. The summed E-state index contributed by atoms with van der Waals surface area (Å²) < 4.78 is 5.45. The first-order valence-corrected chi connectivity index (χ1v) is 6.09. The van der Waals surface area contributed by atoms with E-state index in [1.54, 1.807) is 18.2 Å². The highest BCUT2D eigenvalue weighted by Gasteiger charge is 2.19. The minimum absolute atomic E-state index is 0.0929. The summed E-state index contributed by atoms with van der Waals surface area (Å²) in [5.41, 5.74) is 2.02. The molecule has 20 heavy (non-hydrogen) atoms. The molecule has 2 aromatic carbocycles. The summed E-state index contributed by atoms with van der Waals surface area (Å²) in [6.07, 6.45) is 1.24. The quantitative estimate of drug-likeness (QED) is 0.906. The zero-order chi connectivity index (χ0) is 13.9. The van der Waals surface area contributed by atoms with E-state index in [-0.39, 0.29) is 5.57 Å². The normalized spacial score (nSPS) is 13.4. The predicted octanol–water partition coefficient (Wildman–Crippen LogP) is 3.22. The molecule has 4 heteroatoms. The van der Waals surface area contributed by atoms with Gasteiger partial charge in [0.2, 0.25) is 5.90 Å². The van der Waals surface area contributed by atoms with Crippen LogP contribution in [0.25, 0.3) is 5.57 Å². The van der Waals surface area contributed by atoms with E-state index in [0.717, 1.165) is 5.56 Å². The van der Waals surface area contributed by atoms with Crippen molar-refractivity contribution in [3.05, 3.63) is 72.0 Å². The van der Waals surface area contributed by atoms with Crippen molar-refractivity contribution in [2.24, 2.45) is 4.99 Å². The van der Waals surface area contributed by atoms with Crippen LogP contribution in [0.15, 0.2) is 65.9 Å². The van der Waals surface area contributed by atoms with Gasteiger partial charge in [0, 0.05) is 11.1 Å². The molecule has 0 saturated heterocycles. The summed E-state index contributed by atoms with van der Waals surface area (Å²) in [7, 11) is 0. The lowest BCUT2D eigenvalue weighted by Gasteiger charge is -2.03. The zero-order valence-electron chi connectivity index (χ0n) is 10.5. The van der Waals surface area contributed by atoms with Gasteiger partial charge in [0.05, 0.1) is 5.69 Å². The lowest BCUT2D eigenvalue weighted by molar-refractivity contribution is -0.130. The van der Waals surface area contributed by atoms with Gasteiger partial charge in [-0.05, 0) is 18.2 Å². The average Bonchev–Trinajstić information content (AvgIpc) is 2.67. The zero-order valence-corrected chi connectivity index (χ0v) is 10.5. The second kappa shape index (κ2) is 5.01. The largest absolute Gasteiger partial charge is 0.478 e. The number of carboxylic acids is 1. The Hall–Kier alpha value is -2.88. The molecule has 0 bridgehead atoms. The van der Waals surface area contributed by atoms with Crippen molar-refractivity contribution < 1.29 is 14.6 Å². The van der Waals surface area contributed by atoms with Gasteiger partial charge in [-0.15, -0.1) is 0 Å². The lowest BCUT2D eigenvalue weighted by Crippen LogP contribution is -2.02. The predicted molar refractivity (Wildman–Crippen MR) is 75.8 cm³/mol. The van der Waals surface area contributed by atoms with E-state index in [9.17, 15) is 9.90 Å². The van der Waals surface area contributed by atoms with Crippen LogP contribution in [-0.2, 0) is 9.53 Å². The number of carbonyl (C=O) groups is 1. The van der Waals surface area contributed by atoms with Crippen LogP contribution in [0.3, 0.4) is 0 Å². The first kappa shape index (κ1) is 12.2. The Kier molecular flexibility index (Phi) is 3.05. The van der Waals surface area contributed by atoms with Crippen LogP contribution >= 0.6 is 0 Å². The summed E-state index contributed by atoms with van der Waals surface area (Å²) in [5.74, 6) is -0.656. The number of rotatable bonds is 2. The Balaban J connectivity index is 2.15. The molecule has 0 atom stereocenters. The van der Waals surface area contributed by atoms with Gasteiger partial charge in [-0.1, -0.05) is 36.4 Å². The fraction of sp³-hybridized carbons (Fsp3) is 0. The van der Waals surface area contributed by atoms with E-state index >= 15 is 0 Å². The fourth-order valence-electron chi connectivity index (χ4n) is 1.99. The van der Waals surface area contributed by atoms with Crippen LogP contribution < -0.4 is 0 Å². The first-order chi connectivity index (χ1) is 9.75. The van der Waals surface area contributed by atoms with Gasteiger partial charge in [-0.3, -0.25) is 0 Å². The Labute approximate surface area is 115 Å². The highest BCUT2D eigenvalue weighted by Crippen LogP contribution is 2.30. The van der Waals surface area contributed by atoms with Crippen LogP contribution in [0.4, 0.5) is 5.69 Å². The van der Waals surface area contributed by atoms with Crippen molar-refractivity contribution in [1.29, 1.82) is 0 Å². The number of hydrogen-bond acceptors (Lipinski definition) is 3. The van der Waals surface area contributed by atoms with Crippen molar-refractivity contribution >= 4 is 23.1 Å². The minimum atomic E-state index is -1.04. The minimum Gasteiger partial charge on any atom is -0.478 e. The van der Waals surface area contributed by atoms with E-state index in [1.807, 2.05) is 36.4 Å². The van der Waals surface area contributed by atoms with Gasteiger partial charge in [-0.2, -0.15) is 0 Å². The van der Waals surface area contributed by atoms with Crippen molar-refractivity contribution in [1.82, 2.24) is 0 Å². The monoisotopic (exact) mass is 265 g/mol. The Morgan fingerprint density at radius 3 is 2.45 bits per heavy atom. The number of aliphatic imine (C=N–C) groups is 1. The molecule has 1 aliphatic heterocycles. The van der Waals surface area contributed by atoms with Crippen LogP contribution in [0.1, 0.15) is 11.1 Å². The van der Waals surface area contributed by atoms with Gasteiger partial charge in [0.15, 0.2) is 0 Å². The fourth-order valence-corrected chi connectivity index (χ4v) is 1.99. The second-order valence-electron chi connectivity index (χ2n) is 4.25. The van der Waals surface area contributed by atoms with Crippen molar-refractivity contribution in [2.45, 2.75) is 0 Å². The summed E-state index contributed by atoms with van der Waals surface area (Å²) in [4.78, 5) is 15.7. The number of hydrogen-bond donors (Lipinski definition) is 1. The summed E-state index contributed by atoms with van der Waals surface area (Å²) >= 11 is 0. The summed E-state index contributed by atoms with van der Waals surface area (Å²) in [6, 6.07) is 16.4. The second-order valence-corrected chi connectivity index (χ2v) is 4.25. The number of nitrogens with zero attached hydrogens (tertiary/aromatic N) is 1. The van der Waals surface area contributed by atoms with Crippen molar-refractivity contribution in [3.8, 4) is 0 Å². The molecule has 0 spiro atoms. The maximum Gasteiger partial charge on any atom is 0.339 e. The summed E-state index contributed by atoms with van der Waals surface area (Å²) in [6.45, 7) is 0. The molecule has 0 radical (unpaired) electrons. The molecule has 0 aliphatic carbocycles. The third kappa shape index (κ3) is 2.19. The van der Waals surface area contributed by atoms with Crippen LogP contribution in [0.5, 0.6) is 0 Å². The van der Waals surface area contributed by atoms with Gasteiger partial charge >= 0.3 is 5.97 Å². The third-order valence-electron chi connectivity index (χ3n) is 2.96. The molecule has 2 aromatic rings. The maximum absolute atomic E-state index is 11.3. The van der Waals surface area contributed by atoms with Crippen LogP contribution in [-0.4, -0.2) is 17.0 Å². The Morgan fingerprint density at radius 1 is 1.00 bits per heavy atom. The molecule has 0 unspecified atom stereocenters. The topological polar surface area (TPSA) is 58.9 Å². The van der Waals surface area contributed by atoms with Crippen molar-refractivity contribution in [2.75, 3.05) is 0 Å². The molecule has 4 nitrogen and oxygen atoms in total. The number of para-hydroxylation sites is 1. The lowest BCUT2D eigenvalue weighted by atomic mass is 10.1. The summed E-state index contributed by atoms with van der Waals surface area (Å²) in [5, 5.41) is 9.27. The average molecular weight is 265 g/mol. The highest BCUT2D eigenvalue weighted by atomic mass is 16.5. The number of carboxylic acid groups (broad SMARTS) is 1. The van der Waals surface area contributed by atoms with E-state index in [0.29, 0.717) is 17.1 Å². The molecule has 0 aromatic heterocycles. The Morgan fingerprint density at radius 2 is 1.70 bits per heavy atom. The van der Waals surface area contributed by atoms with E-state index in [4.69, 9.17) is 4.74 Å². The number of ether oxygens (including phenoxy) is 1. The molecule has 98 valence electrons. The molecular formula is C16H11NO3. The van der Waals surface area contributed by atoms with Gasteiger partial charge in [0.1, 0.15) is 11.8 Å². The smallest absolute Gasteiger partial charge is 0.339 e. The van der Waals surface area contributed by atoms with Crippen LogP contribution in [0.2, 0.25) is 0 Å². The molecule has 1 N–H and O–H groups in total. The number of benzene rings is 2. The molecule has 3 rings (SSSR count). The van der Waals surface area contributed by atoms with E-state index < -0.39 is 5.97 Å². The van der Waals surface area contributed by atoms with Gasteiger partial charge in [0.25, 0.3) is 0 Å². The third-order valence-corrected chi connectivity index (χ3v) is 2.96. The molecule has 1 heterocycles. The molecule has 1 aliphatic rings. The van der Waals surface area contributed by atoms with Crippen molar-refractivity contribution in [3.63, 3.8) is 0 Å². The maximum atomic E-state index is 11.3. The van der Waals surface area contributed by atoms with E-state index in [1.165, 1.54) is 6.26 Å². The van der Waals surface area contributed by atoms with Crippen LogP contribution in [0, 0.1) is 0 Å². The SMILES string of the molecule is O=C(O)C1=COC(c2ccccc2)=Nc2ccccc21.